The number of carbonyl (C=O) groups excluding carboxylic acids is 1. The topological polar surface area (TPSA) is 107 Å². The molecule has 29 heavy (non-hydrogen) atoms. The number of hydrogen-bond acceptors (Lipinski definition) is 4. The number of ether oxygens (including phenoxy) is 1. The van der Waals surface area contributed by atoms with E-state index in [0.717, 1.165) is 33.3 Å². The van der Waals surface area contributed by atoms with E-state index in [2.05, 4.69) is 15.3 Å². The first-order chi connectivity index (χ1) is 13.7. The summed E-state index contributed by atoms with van der Waals surface area (Å²) in [6.45, 7) is 7.78. The molecular formula is C22H25N3O4. The Balaban J connectivity index is 1.53. The molecule has 1 unspecified atom stereocenters. The van der Waals surface area contributed by atoms with Crippen molar-refractivity contribution in [3.8, 4) is 11.5 Å². The fraction of sp³-hybridized carbons (Fsp3) is 0.364. The van der Waals surface area contributed by atoms with Crippen LogP contribution in [0.15, 0.2) is 23.0 Å². The van der Waals surface area contributed by atoms with Gasteiger partial charge in [-0.05, 0) is 68.5 Å². The van der Waals surface area contributed by atoms with Gasteiger partial charge in [-0.2, -0.15) is 0 Å². The minimum atomic E-state index is -0.986. The molecule has 0 spiro atoms. The van der Waals surface area contributed by atoms with Crippen molar-refractivity contribution < 1.29 is 14.6 Å². The Kier molecular flexibility index (Phi) is 4.41. The third-order valence-electron chi connectivity index (χ3n) is 6.03. The Hall–Kier alpha value is -3.22. The van der Waals surface area contributed by atoms with E-state index < -0.39 is 5.60 Å². The summed E-state index contributed by atoms with van der Waals surface area (Å²) in [5, 5.41) is 13.3. The zero-order valence-corrected chi connectivity index (χ0v) is 17.0. The largest absolute Gasteiger partial charge is 0.507 e. The van der Waals surface area contributed by atoms with Crippen molar-refractivity contribution >= 4 is 16.9 Å². The molecule has 0 fully saturated rings. The molecule has 7 nitrogen and oxygen atoms in total. The van der Waals surface area contributed by atoms with Crippen LogP contribution in [-0.2, 0) is 17.8 Å². The summed E-state index contributed by atoms with van der Waals surface area (Å²) in [5.41, 5.74) is 4.51. The highest BCUT2D eigenvalue weighted by Gasteiger charge is 2.40. The first kappa shape index (κ1) is 19.1. The van der Waals surface area contributed by atoms with Crippen LogP contribution in [0.4, 0.5) is 0 Å². The lowest BCUT2D eigenvalue weighted by atomic mass is 9.86. The minimum Gasteiger partial charge on any atom is -0.507 e. The van der Waals surface area contributed by atoms with Crippen LogP contribution >= 0.6 is 0 Å². The van der Waals surface area contributed by atoms with E-state index in [9.17, 15) is 14.7 Å². The number of imidazole rings is 1. The molecule has 1 atom stereocenters. The SMILES string of the molecule is Cc1c(C)c2c(c(C)c1O)CCC(C)(C(=O)NCc1ccc3[nH]c(=O)[nH]c3c1)O2. The highest BCUT2D eigenvalue weighted by atomic mass is 16.5. The maximum Gasteiger partial charge on any atom is 0.323 e. The summed E-state index contributed by atoms with van der Waals surface area (Å²) < 4.78 is 6.22. The van der Waals surface area contributed by atoms with Crippen LogP contribution in [0.5, 0.6) is 11.5 Å². The molecule has 1 aliphatic heterocycles. The first-order valence-electron chi connectivity index (χ1n) is 9.69. The molecule has 1 aliphatic rings. The number of H-pyrrole nitrogens is 2. The van der Waals surface area contributed by atoms with Gasteiger partial charge in [0.25, 0.3) is 5.91 Å². The molecule has 1 amide bonds. The lowest BCUT2D eigenvalue weighted by Gasteiger charge is -2.36. The van der Waals surface area contributed by atoms with E-state index in [1.54, 1.807) is 6.92 Å². The zero-order chi connectivity index (χ0) is 20.9. The maximum absolute atomic E-state index is 13.0. The first-order valence-corrected chi connectivity index (χ1v) is 9.69. The molecule has 2 aromatic carbocycles. The van der Waals surface area contributed by atoms with E-state index in [4.69, 9.17) is 4.74 Å². The number of rotatable bonds is 3. The van der Waals surface area contributed by atoms with Gasteiger partial charge in [0.15, 0.2) is 5.60 Å². The van der Waals surface area contributed by atoms with Crippen molar-refractivity contribution in [1.82, 2.24) is 15.3 Å². The summed E-state index contributed by atoms with van der Waals surface area (Å²) >= 11 is 0. The highest BCUT2D eigenvalue weighted by molar-refractivity contribution is 5.86. The van der Waals surface area contributed by atoms with E-state index in [1.807, 2.05) is 39.0 Å². The summed E-state index contributed by atoms with van der Waals surface area (Å²) in [7, 11) is 0. The summed E-state index contributed by atoms with van der Waals surface area (Å²) in [6.07, 6.45) is 1.19. The minimum absolute atomic E-state index is 0.186. The number of phenols is 1. The van der Waals surface area contributed by atoms with Crippen molar-refractivity contribution in [1.29, 1.82) is 0 Å². The second kappa shape index (κ2) is 6.69. The fourth-order valence-electron chi connectivity index (χ4n) is 3.97. The van der Waals surface area contributed by atoms with E-state index in [-0.39, 0.29) is 11.6 Å². The Morgan fingerprint density at radius 2 is 1.90 bits per heavy atom. The summed E-state index contributed by atoms with van der Waals surface area (Å²) in [4.78, 5) is 29.8. The Morgan fingerprint density at radius 3 is 2.66 bits per heavy atom. The molecule has 0 radical (unpaired) electrons. The number of aromatic nitrogens is 2. The van der Waals surface area contributed by atoms with Gasteiger partial charge in [0.2, 0.25) is 0 Å². The molecule has 4 N–H and O–H groups in total. The fourth-order valence-corrected chi connectivity index (χ4v) is 3.97. The van der Waals surface area contributed by atoms with Crippen LogP contribution in [0.2, 0.25) is 0 Å². The molecule has 0 bridgehead atoms. The van der Waals surface area contributed by atoms with Crippen LogP contribution in [0.25, 0.3) is 11.0 Å². The lowest BCUT2D eigenvalue weighted by Crippen LogP contribution is -2.50. The number of hydrogen-bond donors (Lipinski definition) is 4. The normalized spacial score (nSPS) is 18.3. The molecule has 0 aliphatic carbocycles. The molecule has 152 valence electrons. The van der Waals surface area contributed by atoms with Gasteiger partial charge in [-0.15, -0.1) is 0 Å². The van der Waals surface area contributed by atoms with Gasteiger partial charge >= 0.3 is 5.69 Å². The third-order valence-corrected chi connectivity index (χ3v) is 6.03. The predicted octanol–water partition coefficient (Wildman–Crippen LogP) is 2.89. The Morgan fingerprint density at radius 1 is 1.17 bits per heavy atom. The van der Waals surface area contributed by atoms with Crippen molar-refractivity contribution in [2.24, 2.45) is 0 Å². The van der Waals surface area contributed by atoms with Gasteiger partial charge in [-0.25, -0.2) is 4.79 Å². The summed E-state index contributed by atoms with van der Waals surface area (Å²) in [6, 6.07) is 5.52. The van der Waals surface area contributed by atoms with Crippen LogP contribution in [0.3, 0.4) is 0 Å². The van der Waals surface area contributed by atoms with Crippen molar-refractivity contribution in [3.63, 3.8) is 0 Å². The molecule has 1 aromatic heterocycles. The highest BCUT2D eigenvalue weighted by Crippen LogP contribution is 2.43. The smallest absolute Gasteiger partial charge is 0.323 e. The van der Waals surface area contributed by atoms with E-state index >= 15 is 0 Å². The van der Waals surface area contributed by atoms with Crippen LogP contribution in [0, 0.1) is 20.8 Å². The van der Waals surface area contributed by atoms with Crippen molar-refractivity contribution in [3.05, 3.63) is 56.5 Å². The monoisotopic (exact) mass is 395 g/mol. The van der Waals surface area contributed by atoms with Gasteiger partial charge in [-0.1, -0.05) is 6.07 Å². The van der Waals surface area contributed by atoms with Gasteiger partial charge < -0.3 is 25.1 Å². The number of aromatic hydroxyl groups is 1. The molecular weight excluding hydrogens is 370 g/mol. The molecule has 2 heterocycles. The quantitative estimate of drug-likeness (QED) is 0.547. The Bertz CT molecular complexity index is 1190. The van der Waals surface area contributed by atoms with Crippen molar-refractivity contribution in [2.75, 3.05) is 0 Å². The van der Waals surface area contributed by atoms with Crippen LogP contribution < -0.4 is 15.7 Å². The lowest BCUT2D eigenvalue weighted by molar-refractivity contribution is -0.137. The zero-order valence-electron chi connectivity index (χ0n) is 17.0. The number of amides is 1. The predicted molar refractivity (Wildman–Crippen MR) is 110 cm³/mol. The number of carbonyl (C=O) groups is 1. The Labute approximate surface area is 168 Å². The van der Waals surface area contributed by atoms with E-state index in [1.165, 1.54) is 0 Å². The van der Waals surface area contributed by atoms with Gasteiger partial charge in [0, 0.05) is 18.5 Å². The van der Waals surface area contributed by atoms with Gasteiger partial charge in [-0.3, -0.25) is 4.79 Å². The average Bonchev–Trinajstić information content (AvgIpc) is 3.08. The standard InChI is InChI=1S/C22H25N3O4/c1-11-12(2)19-15(13(3)18(11)26)7-8-22(4,29-19)20(27)23-10-14-5-6-16-17(9-14)25-21(28)24-16/h5-6,9,26H,7-8,10H2,1-4H3,(H,23,27)(H2,24,25,28). The van der Waals surface area contributed by atoms with E-state index in [0.29, 0.717) is 36.4 Å². The van der Waals surface area contributed by atoms with Crippen molar-refractivity contribution in [2.45, 2.75) is 52.7 Å². The van der Waals surface area contributed by atoms with Crippen LogP contribution in [-0.4, -0.2) is 26.6 Å². The summed E-state index contributed by atoms with van der Waals surface area (Å²) in [5.74, 6) is 0.817. The number of fused-ring (bicyclic) bond motifs is 2. The molecule has 0 saturated heterocycles. The molecule has 3 aromatic rings. The third kappa shape index (κ3) is 3.16. The average molecular weight is 395 g/mol. The number of phenolic OH excluding ortho intramolecular Hbond substituents is 1. The van der Waals surface area contributed by atoms with Gasteiger partial charge in [0.05, 0.1) is 11.0 Å². The molecule has 0 saturated carbocycles. The van der Waals surface area contributed by atoms with Gasteiger partial charge in [0.1, 0.15) is 11.5 Å². The number of benzene rings is 2. The number of aromatic amines is 2. The number of nitrogens with one attached hydrogen (secondary N) is 3. The van der Waals surface area contributed by atoms with Crippen LogP contribution in [0.1, 0.15) is 41.2 Å². The molecule has 4 rings (SSSR count). The second-order valence-corrected chi connectivity index (χ2v) is 8.01. The molecule has 7 heteroatoms. The second-order valence-electron chi connectivity index (χ2n) is 8.01. The maximum atomic E-state index is 13.0.